The van der Waals surface area contributed by atoms with Crippen molar-refractivity contribution in [1.82, 2.24) is 0 Å². The Labute approximate surface area is 171 Å². The molecule has 0 aromatic heterocycles. The molecule has 27 heavy (non-hydrogen) atoms. The fraction of sp³-hybridized carbons (Fsp3) is 0.909. The topological polar surface area (TPSA) is 52.6 Å². The Hall–Kier alpha value is -1.13. The molecule has 0 heterocycles. The van der Waals surface area contributed by atoms with Crippen molar-refractivity contribution in [3.8, 4) is 0 Å². The molecule has 0 aliphatic rings. The van der Waals surface area contributed by atoms with E-state index in [-0.39, 0.29) is 58.8 Å². The minimum atomic E-state index is -0.347. The highest BCUT2D eigenvalue weighted by molar-refractivity contribution is 5.72. The summed E-state index contributed by atoms with van der Waals surface area (Å²) in [4.78, 5) is 22.0. The van der Waals surface area contributed by atoms with Gasteiger partial charge in [0.1, 0.15) is 11.2 Å². The zero-order valence-electron chi connectivity index (χ0n) is 16.7. The van der Waals surface area contributed by atoms with Gasteiger partial charge in [-0.3, -0.25) is 14.0 Å². The van der Waals surface area contributed by atoms with Gasteiger partial charge in [-0.25, -0.2) is 0 Å². The van der Waals surface area contributed by atoms with E-state index in [1.54, 1.807) is 0 Å². The van der Waals surface area contributed by atoms with Crippen molar-refractivity contribution in [3.63, 3.8) is 0 Å². The van der Waals surface area contributed by atoms with Gasteiger partial charge in [-0.05, 0) is 54.4 Å². The maximum atomic E-state index is 11.2. The average Bonchev–Trinajstić information content (AvgIpc) is 2.37. The van der Waals surface area contributed by atoms with Gasteiger partial charge < -0.3 is 9.47 Å². The van der Waals surface area contributed by atoms with E-state index in [1.165, 1.54) is 0 Å². The number of hydrogen-bond donors (Lipinski definition) is 0. The van der Waals surface area contributed by atoms with E-state index < -0.39 is 0 Å². The molecule has 0 aromatic carbocycles. The summed E-state index contributed by atoms with van der Waals surface area (Å²) in [5.74, 6) is -0.177. The van der Waals surface area contributed by atoms with E-state index in [9.17, 15) is 14.0 Å². The second-order valence-electron chi connectivity index (χ2n) is 7.18. The van der Waals surface area contributed by atoms with Gasteiger partial charge in [-0.1, -0.05) is 50.5 Å². The molecule has 5 heteroatoms. The SMILES string of the molecule is C.C.C.C.CCC(C)C(=O)OC(C)(C)C.CCCC(=O)OC(C)(C)C.CF. The van der Waals surface area contributed by atoms with Gasteiger partial charge in [-0.15, -0.1) is 0 Å². The van der Waals surface area contributed by atoms with Crippen LogP contribution >= 0.6 is 0 Å². The van der Waals surface area contributed by atoms with Crippen LogP contribution in [0, 0.1) is 5.92 Å². The number of rotatable bonds is 4. The van der Waals surface area contributed by atoms with Crippen LogP contribution in [-0.2, 0) is 19.1 Å². The Morgan fingerprint density at radius 2 is 1.15 bits per heavy atom. The number of ether oxygens (including phenoxy) is 2. The number of halogens is 1. The van der Waals surface area contributed by atoms with Crippen molar-refractivity contribution in [1.29, 1.82) is 0 Å². The lowest BCUT2D eigenvalue weighted by Gasteiger charge is -2.21. The second-order valence-corrected chi connectivity index (χ2v) is 7.18. The lowest BCUT2D eigenvalue weighted by molar-refractivity contribution is -0.159. The number of carbonyl (C=O) groups is 2. The molecule has 0 amide bonds. The van der Waals surface area contributed by atoms with Gasteiger partial charge in [0.2, 0.25) is 0 Å². The normalized spacial score (nSPS) is 10.2. The van der Waals surface area contributed by atoms with Gasteiger partial charge in [0, 0.05) is 6.42 Å². The Balaban J connectivity index is -0.0000000478. The van der Waals surface area contributed by atoms with E-state index in [1.807, 2.05) is 62.3 Å². The van der Waals surface area contributed by atoms with E-state index in [0.717, 1.165) is 12.8 Å². The Morgan fingerprint density at radius 3 is 1.37 bits per heavy atom. The quantitative estimate of drug-likeness (QED) is 0.455. The summed E-state index contributed by atoms with van der Waals surface area (Å²) in [6.45, 7) is 17.1. The van der Waals surface area contributed by atoms with Gasteiger partial charge in [0.25, 0.3) is 0 Å². The summed E-state index contributed by atoms with van der Waals surface area (Å²) in [7, 11) is 0.500. The van der Waals surface area contributed by atoms with Crippen LogP contribution in [-0.4, -0.2) is 30.3 Å². The number of esters is 2. The van der Waals surface area contributed by atoms with Crippen molar-refractivity contribution >= 4 is 11.9 Å². The monoisotopic (exact) mass is 400 g/mol. The molecule has 0 radical (unpaired) electrons. The second kappa shape index (κ2) is 22.9. The molecule has 1 unspecified atom stereocenters. The lowest BCUT2D eigenvalue weighted by Crippen LogP contribution is -2.27. The molecule has 0 saturated heterocycles. The third-order valence-corrected chi connectivity index (χ3v) is 2.30. The first-order valence-electron chi connectivity index (χ1n) is 8.14. The van der Waals surface area contributed by atoms with Crippen molar-refractivity contribution in [2.45, 2.75) is 122 Å². The predicted octanol–water partition coefficient (Wildman–Crippen LogP) is 7.63. The largest absolute Gasteiger partial charge is 0.460 e. The summed E-state index contributed by atoms with van der Waals surface area (Å²) in [6.07, 6.45) is 2.22. The van der Waals surface area contributed by atoms with Gasteiger partial charge in [0.05, 0.1) is 13.1 Å². The standard InChI is InChI=1S/C9H18O2.C8H16O2.CH3F.4CH4/c1-6-7(2)8(10)11-9(3,4)5;1-5-6-7(9)10-8(2,3)4;1-2;;;;/h7H,6H2,1-5H3;5-6H2,1-4H3;1H3;4*1H4. The lowest BCUT2D eigenvalue weighted by atomic mass is 10.1. The maximum absolute atomic E-state index is 11.2. The summed E-state index contributed by atoms with van der Waals surface area (Å²) in [6, 6.07) is 0. The molecule has 0 aromatic rings. The van der Waals surface area contributed by atoms with Crippen molar-refractivity contribution in [2.24, 2.45) is 5.92 Å². The first-order valence-corrected chi connectivity index (χ1v) is 8.14. The van der Waals surface area contributed by atoms with Crippen molar-refractivity contribution < 1.29 is 23.5 Å². The zero-order valence-corrected chi connectivity index (χ0v) is 16.7. The third kappa shape index (κ3) is 40.7. The highest BCUT2D eigenvalue weighted by Gasteiger charge is 2.19. The number of alkyl halides is 1. The van der Waals surface area contributed by atoms with E-state index in [2.05, 4.69) is 0 Å². The van der Waals surface area contributed by atoms with Crippen LogP contribution in [0.25, 0.3) is 0 Å². The summed E-state index contributed by atoms with van der Waals surface area (Å²) in [5.41, 5.74) is -0.674. The Bertz CT molecular complexity index is 315. The molecular formula is C22H53FO4. The minimum Gasteiger partial charge on any atom is -0.460 e. The molecule has 4 nitrogen and oxygen atoms in total. The maximum Gasteiger partial charge on any atom is 0.309 e. The zero-order chi connectivity index (χ0) is 19.3. The van der Waals surface area contributed by atoms with Gasteiger partial charge in [0.15, 0.2) is 0 Å². The summed E-state index contributed by atoms with van der Waals surface area (Å²) < 4.78 is 19.7. The van der Waals surface area contributed by atoms with Gasteiger partial charge >= 0.3 is 11.9 Å². The number of carbonyl (C=O) groups excluding carboxylic acids is 2. The van der Waals surface area contributed by atoms with Crippen LogP contribution in [0.15, 0.2) is 0 Å². The van der Waals surface area contributed by atoms with Crippen LogP contribution in [0.4, 0.5) is 4.39 Å². The molecule has 172 valence electrons. The molecule has 0 aliphatic carbocycles. The fourth-order valence-electron chi connectivity index (χ4n) is 1.17. The highest BCUT2D eigenvalue weighted by Crippen LogP contribution is 2.12. The third-order valence-electron chi connectivity index (χ3n) is 2.30. The van der Waals surface area contributed by atoms with Crippen LogP contribution in [0.1, 0.15) is 111 Å². The van der Waals surface area contributed by atoms with E-state index in [4.69, 9.17) is 9.47 Å². The molecule has 0 saturated carbocycles. The van der Waals surface area contributed by atoms with Crippen LogP contribution in [0.3, 0.4) is 0 Å². The first-order chi connectivity index (χ1) is 10.3. The molecule has 1 atom stereocenters. The molecule has 0 fully saturated rings. The summed E-state index contributed by atoms with van der Waals surface area (Å²) >= 11 is 0. The molecule has 0 N–H and O–H groups in total. The minimum absolute atomic E-state index is 0. The van der Waals surface area contributed by atoms with E-state index >= 15 is 0 Å². The number of hydrogen-bond acceptors (Lipinski definition) is 4. The molecule has 0 bridgehead atoms. The Kier molecular flexibility index (Phi) is 38.1. The van der Waals surface area contributed by atoms with Crippen molar-refractivity contribution in [3.05, 3.63) is 0 Å². The fourth-order valence-corrected chi connectivity index (χ4v) is 1.17. The average molecular weight is 401 g/mol. The smallest absolute Gasteiger partial charge is 0.309 e. The molecule has 0 aliphatic heterocycles. The highest BCUT2D eigenvalue weighted by atomic mass is 19.1. The van der Waals surface area contributed by atoms with Gasteiger partial charge in [-0.2, -0.15) is 0 Å². The Morgan fingerprint density at radius 1 is 0.815 bits per heavy atom. The molecular weight excluding hydrogens is 347 g/mol. The van der Waals surface area contributed by atoms with E-state index in [0.29, 0.717) is 13.6 Å². The van der Waals surface area contributed by atoms with Crippen molar-refractivity contribution in [2.75, 3.05) is 7.18 Å². The molecule has 0 rings (SSSR count). The summed E-state index contributed by atoms with van der Waals surface area (Å²) in [5, 5.41) is 0. The first kappa shape index (κ1) is 44.9. The van der Waals surface area contributed by atoms with Crippen LogP contribution < -0.4 is 0 Å². The van der Waals surface area contributed by atoms with Crippen LogP contribution in [0.5, 0.6) is 0 Å². The molecule has 0 spiro atoms. The predicted molar refractivity (Wildman–Crippen MR) is 120 cm³/mol. The van der Waals surface area contributed by atoms with Crippen LogP contribution in [0.2, 0.25) is 0 Å².